The van der Waals surface area contributed by atoms with E-state index in [0.29, 0.717) is 5.41 Å². The van der Waals surface area contributed by atoms with Crippen molar-refractivity contribution in [2.45, 2.75) is 43.9 Å². The number of para-hydroxylation sites is 1. The van der Waals surface area contributed by atoms with Crippen LogP contribution < -0.4 is 0 Å². The Labute approximate surface area is 333 Å². The topological polar surface area (TPSA) is 38.9 Å². The summed E-state index contributed by atoms with van der Waals surface area (Å²) >= 11 is 0. The van der Waals surface area contributed by atoms with Crippen molar-refractivity contribution in [2.75, 3.05) is 0 Å². The minimum atomic E-state index is 0.405. The van der Waals surface area contributed by atoms with Gasteiger partial charge in [0, 0.05) is 33.0 Å². The van der Waals surface area contributed by atoms with E-state index in [0.717, 1.165) is 73.8 Å². The molecule has 4 bridgehead atoms. The number of hydrogen-bond acceptors (Lipinski definition) is 3. The van der Waals surface area contributed by atoms with Gasteiger partial charge in [-0.1, -0.05) is 140 Å². The van der Waals surface area contributed by atoms with Crippen LogP contribution in [0.3, 0.4) is 0 Å². The molecule has 0 spiro atoms. The highest BCUT2D eigenvalue weighted by Gasteiger charge is 2.51. The van der Waals surface area contributed by atoms with Gasteiger partial charge in [0.15, 0.2) is 5.82 Å². The Kier molecular flexibility index (Phi) is 7.42. The van der Waals surface area contributed by atoms with Crippen LogP contribution in [0.5, 0.6) is 0 Å². The first kappa shape index (κ1) is 32.9. The normalized spacial score (nSPS) is 21.2. The fourth-order valence-corrected chi connectivity index (χ4v) is 11.4. The molecular formula is C54H42N2O. The summed E-state index contributed by atoms with van der Waals surface area (Å²) in [5.41, 5.74) is 13.5. The van der Waals surface area contributed by atoms with Gasteiger partial charge in [0.25, 0.3) is 0 Å². The smallest absolute Gasteiger partial charge is 0.160 e. The minimum absolute atomic E-state index is 0.405. The van der Waals surface area contributed by atoms with Crippen LogP contribution in [0, 0.1) is 17.8 Å². The van der Waals surface area contributed by atoms with Crippen LogP contribution in [-0.2, 0) is 5.41 Å². The second-order valence-electron chi connectivity index (χ2n) is 17.2. The Balaban J connectivity index is 0.899. The molecule has 274 valence electrons. The first-order chi connectivity index (χ1) is 28.1. The fraction of sp³-hybridized carbons (Fsp3) is 0.185. The van der Waals surface area contributed by atoms with Crippen molar-refractivity contribution in [3.05, 3.63) is 169 Å². The molecule has 2 heterocycles. The molecule has 0 atom stereocenters. The molecule has 0 radical (unpaired) electrons. The van der Waals surface area contributed by atoms with Crippen molar-refractivity contribution in [3.8, 4) is 56.2 Å². The molecular weight excluding hydrogens is 693 g/mol. The molecule has 7 aromatic carbocycles. The zero-order valence-electron chi connectivity index (χ0n) is 31.9. The molecule has 4 aliphatic carbocycles. The van der Waals surface area contributed by atoms with Crippen molar-refractivity contribution < 1.29 is 4.42 Å². The van der Waals surface area contributed by atoms with Gasteiger partial charge < -0.3 is 4.42 Å². The summed E-state index contributed by atoms with van der Waals surface area (Å²) in [6.07, 6.45) is 8.61. The van der Waals surface area contributed by atoms with Crippen molar-refractivity contribution >= 4 is 32.7 Å². The first-order valence-corrected chi connectivity index (χ1v) is 20.7. The summed E-state index contributed by atoms with van der Waals surface area (Å²) < 4.78 is 6.75. The van der Waals surface area contributed by atoms with Crippen molar-refractivity contribution in [2.24, 2.45) is 17.8 Å². The molecule has 2 aromatic heterocycles. The molecule has 9 aromatic rings. The molecule has 57 heavy (non-hydrogen) atoms. The third kappa shape index (κ3) is 5.55. The summed E-state index contributed by atoms with van der Waals surface area (Å²) in [6, 6.07) is 58.9. The highest BCUT2D eigenvalue weighted by molar-refractivity contribution is 6.15. The SMILES string of the molecule is c1ccc(-c2cc(-c3ccc4cc(-c5cccc6oc7c(-c8ccc(C9%10CC%11CC(CC(C%11)C9)C%10)cc8)cccc7c56)ccc4c3)nc(-c3ccccc3)n2)cc1. The summed E-state index contributed by atoms with van der Waals surface area (Å²) in [6.45, 7) is 0. The Morgan fingerprint density at radius 2 is 1.04 bits per heavy atom. The van der Waals surface area contributed by atoms with E-state index >= 15 is 0 Å². The quantitative estimate of drug-likeness (QED) is 0.171. The van der Waals surface area contributed by atoms with Gasteiger partial charge in [0.1, 0.15) is 11.2 Å². The van der Waals surface area contributed by atoms with E-state index in [-0.39, 0.29) is 0 Å². The summed E-state index contributed by atoms with van der Waals surface area (Å²) in [5.74, 6) is 3.56. The van der Waals surface area contributed by atoms with E-state index in [1.807, 2.05) is 24.3 Å². The lowest BCUT2D eigenvalue weighted by Gasteiger charge is -2.57. The third-order valence-corrected chi connectivity index (χ3v) is 13.6. The van der Waals surface area contributed by atoms with Crippen molar-refractivity contribution in [1.29, 1.82) is 0 Å². The van der Waals surface area contributed by atoms with Gasteiger partial charge in [-0.25, -0.2) is 9.97 Å². The van der Waals surface area contributed by atoms with Crippen molar-refractivity contribution in [3.63, 3.8) is 0 Å². The zero-order valence-corrected chi connectivity index (χ0v) is 31.9. The second kappa shape index (κ2) is 12.9. The van der Waals surface area contributed by atoms with Crippen LogP contribution in [0.15, 0.2) is 168 Å². The van der Waals surface area contributed by atoms with Crippen LogP contribution in [0.25, 0.3) is 88.9 Å². The van der Waals surface area contributed by atoms with Crippen LogP contribution in [-0.4, -0.2) is 9.97 Å². The molecule has 0 saturated heterocycles. The fourth-order valence-electron chi connectivity index (χ4n) is 11.4. The Hall–Kier alpha value is -6.32. The standard InChI is InChI=1S/C54H42N2O/c1-3-9-38(10-4-1)48-30-49(56-53(55-48)39-11-5-2-6-12-39)43-20-18-40-28-42(19-17-41(40)29-43)45-13-8-16-50-51(45)47-15-7-14-46(52(47)57-50)37-21-23-44(24-22-37)54-31-34-25-35(32-54)27-36(26-34)33-54/h1-24,28-30,34-36H,25-27,31-33H2. The zero-order chi connectivity index (χ0) is 37.5. The highest BCUT2D eigenvalue weighted by Crippen LogP contribution is 2.61. The number of furan rings is 1. The lowest BCUT2D eigenvalue weighted by atomic mass is 9.48. The molecule has 0 N–H and O–H groups in total. The van der Waals surface area contributed by atoms with Crippen LogP contribution in [0.2, 0.25) is 0 Å². The highest BCUT2D eigenvalue weighted by atomic mass is 16.3. The molecule has 13 rings (SSSR count). The van der Waals surface area contributed by atoms with Gasteiger partial charge in [-0.3, -0.25) is 0 Å². The maximum Gasteiger partial charge on any atom is 0.160 e. The number of nitrogens with zero attached hydrogens (tertiary/aromatic N) is 2. The molecule has 4 saturated carbocycles. The minimum Gasteiger partial charge on any atom is -0.455 e. The summed E-state index contributed by atoms with van der Waals surface area (Å²) in [4.78, 5) is 10.1. The molecule has 0 unspecified atom stereocenters. The maximum absolute atomic E-state index is 6.75. The van der Waals surface area contributed by atoms with E-state index in [4.69, 9.17) is 14.4 Å². The number of aromatic nitrogens is 2. The molecule has 4 aliphatic rings. The van der Waals surface area contributed by atoms with Gasteiger partial charge in [-0.05, 0) is 119 Å². The van der Waals surface area contributed by atoms with Crippen LogP contribution in [0.1, 0.15) is 44.1 Å². The third-order valence-electron chi connectivity index (χ3n) is 13.6. The molecule has 3 heteroatoms. The largest absolute Gasteiger partial charge is 0.455 e. The molecule has 3 nitrogen and oxygen atoms in total. The average Bonchev–Trinajstić information content (AvgIpc) is 3.66. The lowest BCUT2D eigenvalue weighted by Crippen LogP contribution is -2.48. The summed E-state index contributed by atoms with van der Waals surface area (Å²) in [7, 11) is 0. The Morgan fingerprint density at radius 1 is 0.456 bits per heavy atom. The lowest BCUT2D eigenvalue weighted by molar-refractivity contribution is -0.00518. The second-order valence-corrected chi connectivity index (χ2v) is 17.2. The van der Waals surface area contributed by atoms with Gasteiger partial charge in [-0.15, -0.1) is 0 Å². The van der Waals surface area contributed by atoms with E-state index in [1.165, 1.54) is 71.4 Å². The predicted molar refractivity (Wildman–Crippen MR) is 234 cm³/mol. The number of benzene rings is 7. The van der Waals surface area contributed by atoms with E-state index in [2.05, 4.69) is 140 Å². The van der Waals surface area contributed by atoms with Gasteiger partial charge in [0.05, 0.1) is 11.4 Å². The molecule has 0 amide bonds. The number of hydrogen-bond donors (Lipinski definition) is 0. The average molecular weight is 735 g/mol. The number of rotatable bonds is 6. The molecule has 4 fully saturated rings. The number of fused-ring (bicyclic) bond motifs is 4. The Bertz CT molecular complexity index is 2890. The van der Waals surface area contributed by atoms with Gasteiger partial charge >= 0.3 is 0 Å². The van der Waals surface area contributed by atoms with E-state index < -0.39 is 0 Å². The van der Waals surface area contributed by atoms with Crippen molar-refractivity contribution in [1.82, 2.24) is 9.97 Å². The maximum atomic E-state index is 6.75. The van der Waals surface area contributed by atoms with E-state index in [9.17, 15) is 0 Å². The monoisotopic (exact) mass is 734 g/mol. The predicted octanol–water partition coefficient (Wildman–Crippen LogP) is 14.3. The van der Waals surface area contributed by atoms with Gasteiger partial charge in [-0.2, -0.15) is 0 Å². The van der Waals surface area contributed by atoms with Gasteiger partial charge in [0.2, 0.25) is 0 Å². The summed E-state index contributed by atoms with van der Waals surface area (Å²) in [5, 5.41) is 4.67. The Morgan fingerprint density at radius 3 is 1.74 bits per heavy atom. The first-order valence-electron chi connectivity index (χ1n) is 20.7. The van der Waals surface area contributed by atoms with Crippen LogP contribution in [0.4, 0.5) is 0 Å². The van der Waals surface area contributed by atoms with E-state index in [1.54, 1.807) is 5.56 Å². The van der Waals surface area contributed by atoms with Crippen LogP contribution >= 0.6 is 0 Å². The molecule has 0 aliphatic heterocycles.